The second-order valence-corrected chi connectivity index (χ2v) is 8.46. The van der Waals surface area contributed by atoms with Crippen LogP contribution >= 0.6 is 0 Å². The lowest BCUT2D eigenvalue weighted by atomic mass is 10.0. The van der Waals surface area contributed by atoms with Crippen molar-refractivity contribution >= 4 is 6.16 Å². The van der Waals surface area contributed by atoms with Crippen LogP contribution in [0.15, 0.2) is 0 Å². The molecule has 0 bridgehead atoms. The van der Waals surface area contributed by atoms with E-state index in [2.05, 4.69) is 12.2 Å². The number of hydrogen-bond donors (Lipinski definition) is 1. The molecule has 1 saturated heterocycles. The molecule has 166 valence electrons. The van der Waals surface area contributed by atoms with Crippen molar-refractivity contribution in [2.75, 3.05) is 13.2 Å². The van der Waals surface area contributed by atoms with Crippen molar-refractivity contribution < 1.29 is 14.3 Å². The highest BCUT2D eigenvalue weighted by atomic mass is 16.7. The van der Waals surface area contributed by atoms with Crippen LogP contribution in [0.5, 0.6) is 0 Å². The Labute approximate surface area is 174 Å². The number of nitrogens with one attached hydrogen (secondary N) is 1. The predicted molar refractivity (Wildman–Crippen MR) is 118 cm³/mol. The molecule has 0 aliphatic carbocycles. The van der Waals surface area contributed by atoms with E-state index in [1.807, 2.05) is 0 Å². The summed E-state index contributed by atoms with van der Waals surface area (Å²) >= 11 is 0. The third-order valence-electron chi connectivity index (χ3n) is 5.72. The summed E-state index contributed by atoms with van der Waals surface area (Å²) < 4.78 is 10.4. The van der Waals surface area contributed by atoms with E-state index in [-0.39, 0.29) is 6.23 Å². The van der Waals surface area contributed by atoms with Gasteiger partial charge in [-0.25, -0.2) is 4.79 Å². The van der Waals surface area contributed by atoms with Crippen LogP contribution in [0.3, 0.4) is 0 Å². The third-order valence-corrected chi connectivity index (χ3v) is 5.72. The molecule has 0 radical (unpaired) electrons. The summed E-state index contributed by atoms with van der Waals surface area (Å²) in [4.78, 5) is 11.6. The molecule has 1 aliphatic heterocycles. The number of unbranched alkanes of at least 4 members (excludes halogenated alkanes) is 15. The molecule has 1 aliphatic rings. The highest BCUT2D eigenvalue weighted by Gasteiger charge is 2.17. The van der Waals surface area contributed by atoms with Gasteiger partial charge in [0.2, 0.25) is 0 Å². The van der Waals surface area contributed by atoms with E-state index in [9.17, 15) is 4.79 Å². The van der Waals surface area contributed by atoms with Gasteiger partial charge in [0.25, 0.3) is 0 Å². The Balaban J connectivity index is 1.71. The molecule has 0 aromatic carbocycles. The average Bonchev–Trinajstić information content (AvgIpc) is 2.71. The molecule has 0 amide bonds. The number of rotatable bonds is 18. The molecule has 1 rings (SSSR count). The van der Waals surface area contributed by atoms with E-state index >= 15 is 0 Å². The van der Waals surface area contributed by atoms with E-state index in [1.165, 1.54) is 89.9 Å². The van der Waals surface area contributed by atoms with Crippen LogP contribution in [0.2, 0.25) is 0 Å². The molecular formula is C24H47NO3. The molecule has 1 fully saturated rings. The van der Waals surface area contributed by atoms with Crippen molar-refractivity contribution in [3.8, 4) is 0 Å². The van der Waals surface area contributed by atoms with Crippen LogP contribution in [-0.4, -0.2) is 25.5 Å². The minimum Gasteiger partial charge on any atom is -0.434 e. The largest absolute Gasteiger partial charge is 0.509 e. The van der Waals surface area contributed by atoms with Gasteiger partial charge in [0, 0.05) is 0 Å². The summed E-state index contributed by atoms with van der Waals surface area (Å²) in [7, 11) is 0. The first kappa shape index (κ1) is 25.3. The van der Waals surface area contributed by atoms with Crippen molar-refractivity contribution in [3.63, 3.8) is 0 Å². The maximum atomic E-state index is 11.6. The van der Waals surface area contributed by atoms with E-state index < -0.39 is 6.16 Å². The standard InChI is InChI=1S/C24H47NO3/c1-2-3-4-5-6-7-8-9-10-11-12-13-14-15-16-19-22-27-24(26)28-23-20-17-18-21-25-23/h23,25H,2-22H2,1H3. The third kappa shape index (κ3) is 16.2. The van der Waals surface area contributed by atoms with Gasteiger partial charge in [0.05, 0.1) is 6.61 Å². The van der Waals surface area contributed by atoms with Gasteiger partial charge < -0.3 is 9.47 Å². The molecule has 1 atom stereocenters. The van der Waals surface area contributed by atoms with Gasteiger partial charge in [-0.2, -0.15) is 0 Å². The highest BCUT2D eigenvalue weighted by molar-refractivity contribution is 5.60. The van der Waals surface area contributed by atoms with E-state index in [0.29, 0.717) is 6.61 Å². The fourth-order valence-electron chi connectivity index (χ4n) is 3.88. The van der Waals surface area contributed by atoms with Crippen molar-refractivity contribution in [3.05, 3.63) is 0 Å². The molecule has 0 spiro atoms. The second-order valence-electron chi connectivity index (χ2n) is 8.46. The van der Waals surface area contributed by atoms with E-state index in [1.54, 1.807) is 0 Å². The van der Waals surface area contributed by atoms with Gasteiger partial charge in [-0.15, -0.1) is 0 Å². The second kappa shape index (κ2) is 19.5. The van der Waals surface area contributed by atoms with Gasteiger partial charge in [-0.1, -0.05) is 103 Å². The first-order valence-corrected chi connectivity index (χ1v) is 12.4. The topological polar surface area (TPSA) is 47.6 Å². The average molecular weight is 398 g/mol. The molecule has 1 N–H and O–H groups in total. The molecule has 0 aromatic rings. The Morgan fingerprint density at radius 1 is 0.750 bits per heavy atom. The van der Waals surface area contributed by atoms with Gasteiger partial charge in [0.1, 0.15) is 0 Å². The minimum atomic E-state index is -0.514. The molecule has 0 saturated carbocycles. The van der Waals surface area contributed by atoms with E-state index in [0.717, 1.165) is 38.6 Å². The zero-order chi connectivity index (χ0) is 20.1. The predicted octanol–water partition coefficient (Wildman–Crippen LogP) is 7.50. The summed E-state index contributed by atoms with van der Waals surface area (Å²) in [6.07, 6.45) is 24.1. The fourth-order valence-corrected chi connectivity index (χ4v) is 3.88. The lowest BCUT2D eigenvalue weighted by molar-refractivity contribution is 0.00166. The van der Waals surface area contributed by atoms with Crippen molar-refractivity contribution in [2.45, 2.75) is 135 Å². The van der Waals surface area contributed by atoms with Crippen LogP contribution in [0.25, 0.3) is 0 Å². The van der Waals surface area contributed by atoms with Crippen molar-refractivity contribution in [1.82, 2.24) is 5.32 Å². The molecule has 1 unspecified atom stereocenters. The number of carbonyl (C=O) groups is 1. The normalized spacial score (nSPS) is 16.8. The number of piperidine rings is 1. The summed E-state index contributed by atoms with van der Waals surface area (Å²) in [6, 6.07) is 0. The lowest BCUT2D eigenvalue weighted by Gasteiger charge is -2.22. The zero-order valence-corrected chi connectivity index (χ0v) is 18.7. The number of hydrogen-bond acceptors (Lipinski definition) is 4. The van der Waals surface area contributed by atoms with E-state index in [4.69, 9.17) is 9.47 Å². The number of ether oxygens (including phenoxy) is 2. The summed E-state index contributed by atoms with van der Waals surface area (Å²) in [5.74, 6) is 0. The van der Waals surface area contributed by atoms with Crippen LogP contribution in [0, 0.1) is 0 Å². The van der Waals surface area contributed by atoms with Crippen molar-refractivity contribution in [2.24, 2.45) is 0 Å². The smallest absolute Gasteiger partial charge is 0.434 e. The van der Waals surface area contributed by atoms with Crippen LogP contribution in [-0.2, 0) is 9.47 Å². The Bertz CT molecular complexity index is 343. The van der Waals surface area contributed by atoms with Crippen LogP contribution in [0.1, 0.15) is 129 Å². The van der Waals surface area contributed by atoms with Gasteiger partial charge in [0.15, 0.2) is 6.23 Å². The van der Waals surface area contributed by atoms with Gasteiger partial charge >= 0.3 is 6.16 Å². The zero-order valence-electron chi connectivity index (χ0n) is 18.7. The first-order chi connectivity index (χ1) is 13.8. The Morgan fingerprint density at radius 2 is 1.25 bits per heavy atom. The summed E-state index contributed by atoms with van der Waals surface area (Å²) in [5, 5.41) is 3.19. The SMILES string of the molecule is CCCCCCCCCCCCCCCCCCOC(=O)OC1CCCCN1. The Morgan fingerprint density at radius 3 is 1.71 bits per heavy atom. The fraction of sp³-hybridized carbons (Fsp3) is 0.958. The van der Waals surface area contributed by atoms with Gasteiger partial charge in [-0.3, -0.25) is 5.32 Å². The Kier molecular flexibility index (Phi) is 17.6. The molecule has 4 nitrogen and oxygen atoms in total. The molecule has 1 heterocycles. The molecule has 4 heteroatoms. The molecule has 0 aromatic heterocycles. The quantitative estimate of drug-likeness (QED) is 0.192. The monoisotopic (exact) mass is 397 g/mol. The van der Waals surface area contributed by atoms with Crippen molar-refractivity contribution in [1.29, 1.82) is 0 Å². The summed E-state index contributed by atoms with van der Waals surface area (Å²) in [6.45, 7) is 3.70. The Hall–Kier alpha value is -0.770. The maximum absolute atomic E-state index is 11.6. The number of carbonyl (C=O) groups excluding carboxylic acids is 1. The van der Waals surface area contributed by atoms with Crippen LogP contribution in [0.4, 0.5) is 4.79 Å². The molecular weight excluding hydrogens is 350 g/mol. The lowest BCUT2D eigenvalue weighted by Crippen LogP contribution is -2.37. The van der Waals surface area contributed by atoms with Gasteiger partial charge in [-0.05, 0) is 32.2 Å². The highest BCUT2D eigenvalue weighted by Crippen LogP contribution is 2.14. The molecule has 28 heavy (non-hydrogen) atoms. The van der Waals surface area contributed by atoms with Crippen LogP contribution < -0.4 is 5.32 Å². The first-order valence-electron chi connectivity index (χ1n) is 12.4. The minimum absolute atomic E-state index is 0.146. The maximum Gasteiger partial charge on any atom is 0.509 e. The summed E-state index contributed by atoms with van der Waals surface area (Å²) in [5.41, 5.74) is 0.